The first-order chi connectivity index (χ1) is 14.7. The summed E-state index contributed by atoms with van der Waals surface area (Å²) in [7, 11) is 3.03. The molecule has 1 fully saturated rings. The average Bonchev–Trinajstić information content (AvgIpc) is 2.95. The van der Waals surface area contributed by atoms with E-state index in [2.05, 4.69) is 50.5 Å². The van der Waals surface area contributed by atoms with Crippen LogP contribution in [0.15, 0.2) is 35.2 Å². The number of anilines is 1. The van der Waals surface area contributed by atoms with Crippen LogP contribution in [0.3, 0.4) is 0 Å². The third-order valence-electron chi connectivity index (χ3n) is 4.14. The molecule has 0 spiro atoms. The molecule has 11 heteroatoms. The van der Waals surface area contributed by atoms with Crippen LogP contribution in [-0.2, 0) is 9.59 Å². The van der Waals surface area contributed by atoms with E-state index in [1.54, 1.807) is 25.3 Å². The summed E-state index contributed by atoms with van der Waals surface area (Å²) in [5, 5.41) is 2.44. The number of amides is 3. The number of benzene rings is 2. The van der Waals surface area contributed by atoms with Gasteiger partial charge in [-0.1, -0.05) is 11.6 Å². The lowest BCUT2D eigenvalue weighted by atomic mass is 10.2. The number of hydrogen-bond acceptors (Lipinski definition) is 6. The van der Waals surface area contributed by atoms with Crippen molar-refractivity contribution in [3.05, 3.63) is 53.0 Å². The van der Waals surface area contributed by atoms with Gasteiger partial charge in [-0.25, -0.2) is 0 Å². The van der Waals surface area contributed by atoms with Crippen molar-refractivity contribution in [3.63, 3.8) is 0 Å². The van der Waals surface area contributed by atoms with E-state index >= 15 is 0 Å². The molecule has 0 saturated carbocycles. The molecule has 1 N–H and O–H groups in total. The fourth-order valence-corrected chi connectivity index (χ4v) is 5.97. The van der Waals surface area contributed by atoms with Crippen molar-refractivity contribution in [2.45, 2.75) is 0 Å². The lowest BCUT2D eigenvalue weighted by Crippen LogP contribution is -2.36. The van der Waals surface area contributed by atoms with Crippen molar-refractivity contribution in [3.8, 4) is 11.5 Å². The molecule has 0 unspecified atom stereocenters. The lowest BCUT2D eigenvalue weighted by molar-refractivity contribution is -0.127. The van der Waals surface area contributed by atoms with Crippen LogP contribution >= 0.6 is 68.5 Å². The molecule has 2 aromatic carbocycles. The second-order valence-corrected chi connectivity index (χ2v) is 9.98. The molecule has 1 heterocycles. The van der Waals surface area contributed by atoms with Crippen LogP contribution in [0.25, 0.3) is 6.08 Å². The second kappa shape index (κ2) is 10.4. The van der Waals surface area contributed by atoms with E-state index in [9.17, 15) is 14.4 Å². The number of rotatable bonds is 6. The molecule has 1 aliphatic heterocycles. The van der Waals surface area contributed by atoms with E-state index in [0.29, 0.717) is 27.8 Å². The number of ether oxygens (including phenoxy) is 2. The summed E-state index contributed by atoms with van der Waals surface area (Å²) >= 11 is 11.2. The highest BCUT2D eigenvalue weighted by atomic mass is 127. The summed E-state index contributed by atoms with van der Waals surface area (Å²) in [5.41, 5.74) is 1.11. The van der Waals surface area contributed by atoms with Gasteiger partial charge >= 0.3 is 0 Å². The van der Waals surface area contributed by atoms with Crippen LogP contribution in [0.5, 0.6) is 11.5 Å². The minimum atomic E-state index is -0.533. The summed E-state index contributed by atoms with van der Waals surface area (Å²) in [6, 6.07) is 8.55. The molecule has 2 aromatic rings. The zero-order valence-electron chi connectivity index (χ0n) is 16.2. The largest absolute Gasteiger partial charge is 0.495 e. The van der Waals surface area contributed by atoms with Crippen LogP contribution in [0, 0.1) is 7.14 Å². The van der Waals surface area contributed by atoms with Crippen LogP contribution in [-0.4, -0.2) is 42.7 Å². The molecule has 0 atom stereocenters. The second-order valence-electron chi connectivity index (χ2n) is 6.18. The normalized spacial score (nSPS) is 14.9. The predicted molar refractivity (Wildman–Crippen MR) is 138 cm³/mol. The molecule has 7 nitrogen and oxygen atoms in total. The topological polar surface area (TPSA) is 84.9 Å². The summed E-state index contributed by atoms with van der Waals surface area (Å²) < 4.78 is 12.3. The van der Waals surface area contributed by atoms with Gasteiger partial charge in [0.1, 0.15) is 18.0 Å². The standard InChI is InChI=1S/C20H15ClI2N2O5S/c1-29-15-4-3-12(8-13(15)21)24-17(26)9-25-19(27)16(31-20(25)28)6-10-5-11(22)7-14(23)18(10)30-2/h3-8H,9H2,1-2H3,(H,24,26)/b16-6+. The van der Waals surface area contributed by atoms with Gasteiger partial charge in [-0.2, -0.15) is 0 Å². The number of halogens is 3. The van der Waals surface area contributed by atoms with E-state index in [1.807, 2.05) is 12.1 Å². The fourth-order valence-electron chi connectivity index (χ4n) is 2.77. The Morgan fingerprint density at radius 1 is 1.19 bits per heavy atom. The quantitative estimate of drug-likeness (QED) is 0.331. The van der Waals surface area contributed by atoms with Gasteiger partial charge < -0.3 is 14.8 Å². The molecule has 1 saturated heterocycles. The summed E-state index contributed by atoms with van der Waals surface area (Å²) in [4.78, 5) is 38.7. The van der Waals surface area contributed by atoms with Gasteiger partial charge in [-0.3, -0.25) is 19.3 Å². The first-order valence-corrected chi connectivity index (χ1v) is 12.0. The Labute approximate surface area is 215 Å². The van der Waals surface area contributed by atoms with Crippen LogP contribution in [0.4, 0.5) is 10.5 Å². The van der Waals surface area contributed by atoms with Crippen LogP contribution in [0.1, 0.15) is 5.56 Å². The third kappa shape index (κ3) is 5.65. The van der Waals surface area contributed by atoms with E-state index < -0.39 is 23.6 Å². The Kier molecular flexibility index (Phi) is 8.10. The summed E-state index contributed by atoms with van der Waals surface area (Å²) in [6.45, 7) is -0.410. The molecule has 3 amide bonds. The summed E-state index contributed by atoms with van der Waals surface area (Å²) in [6.07, 6.45) is 1.61. The Morgan fingerprint density at radius 3 is 2.58 bits per heavy atom. The summed E-state index contributed by atoms with van der Waals surface area (Å²) in [5.74, 6) is 0.0263. The number of nitrogens with one attached hydrogen (secondary N) is 1. The fraction of sp³-hybridized carbons (Fsp3) is 0.150. The van der Waals surface area contributed by atoms with Gasteiger partial charge in [0.15, 0.2) is 0 Å². The molecule has 3 rings (SSSR count). The van der Waals surface area contributed by atoms with Crippen molar-refractivity contribution >= 4 is 97.4 Å². The minimum Gasteiger partial charge on any atom is -0.495 e. The van der Waals surface area contributed by atoms with Gasteiger partial charge in [0.25, 0.3) is 11.1 Å². The third-order valence-corrected chi connectivity index (χ3v) is 6.77. The maximum Gasteiger partial charge on any atom is 0.294 e. The van der Waals surface area contributed by atoms with Crippen LogP contribution in [0.2, 0.25) is 5.02 Å². The highest BCUT2D eigenvalue weighted by Gasteiger charge is 2.36. The molecule has 0 aliphatic carbocycles. The van der Waals surface area contributed by atoms with Gasteiger partial charge in [0.2, 0.25) is 5.91 Å². The van der Waals surface area contributed by atoms with Gasteiger partial charge in [0.05, 0.1) is 27.7 Å². The highest BCUT2D eigenvalue weighted by Crippen LogP contribution is 2.36. The Hall–Kier alpha value is -1.51. The SMILES string of the molecule is COc1ccc(NC(=O)CN2C(=O)S/C(=C/c3cc(I)cc(I)c3OC)C2=O)cc1Cl. The molecule has 0 bridgehead atoms. The first-order valence-electron chi connectivity index (χ1n) is 8.65. The monoisotopic (exact) mass is 684 g/mol. The van der Waals surface area contributed by atoms with E-state index in [4.69, 9.17) is 21.1 Å². The number of thioether (sulfide) groups is 1. The van der Waals surface area contributed by atoms with Crippen molar-refractivity contribution < 1.29 is 23.9 Å². The number of nitrogens with zero attached hydrogens (tertiary/aromatic N) is 1. The first kappa shape index (κ1) is 24.1. The maximum absolute atomic E-state index is 12.8. The highest BCUT2D eigenvalue weighted by molar-refractivity contribution is 14.1. The molecule has 0 radical (unpaired) electrons. The van der Waals surface area contributed by atoms with Gasteiger partial charge in [0, 0.05) is 14.8 Å². The smallest absolute Gasteiger partial charge is 0.294 e. The number of carbonyl (C=O) groups excluding carboxylic acids is 3. The average molecular weight is 685 g/mol. The zero-order chi connectivity index (χ0) is 22.7. The van der Waals surface area contributed by atoms with Gasteiger partial charge in [-0.05, 0) is 93.4 Å². The van der Waals surface area contributed by atoms with E-state index in [-0.39, 0.29) is 4.91 Å². The minimum absolute atomic E-state index is 0.224. The number of hydrogen-bond donors (Lipinski definition) is 1. The Balaban J connectivity index is 1.76. The van der Waals surface area contributed by atoms with Crippen molar-refractivity contribution in [2.24, 2.45) is 0 Å². The number of imide groups is 1. The Bertz CT molecular complexity index is 1110. The predicted octanol–water partition coefficient (Wildman–Crippen LogP) is 5.24. The zero-order valence-corrected chi connectivity index (χ0v) is 22.1. The maximum atomic E-state index is 12.8. The van der Waals surface area contributed by atoms with Crippen molar-refractivity contribution in [1.82, 2.24) is 4.90 Å². The van der Waals surface area contributed by atoms with Crippen LogP contribution < -0.4 is 14.8 Å². The molecule has 31 heavy (non-hydrogen) atoms. The molecule has 1 aliphatic rings. The van der Waals surface area contributed by atoms with E-state index in [0.717, 1.165) is 23.8 Å². The lowest BCUT2D eigenvalue weighted by Gasteiger charge is -2.13. The van der Waals surface area contributed by atoms with Crippen molar-refractivity contribution in [2.75, 3.05) is 26.1 Å². The van der Waals surface area contributed by atoms with Gasteiger partial charge in [-0.15, -0.1) is 0 Å². The van der Waals surface area contributed by atoms with E-state index in [1.165, 1.54) is 13.2 Å². The molecule has 162 valence electrons. The molecular formula is C20H15ClI2N2O5S. The number of carbonyl (C=O) groups is 3. The van der Waals surface area contributed by atoms with Crippen molar-refractivity contribution in [1.29, 1.82) is 0 Å². The Morgan fingerprint density at radius 2 is 1.94 bits per heavy atom. The number of methoxy groups -OCH3 is 2. The molecule has 0 aromatic heterocycles. The molecular weight excluding hydrogens is 670 g/mol.